The van der Waals surface area contributed by atoms with E-state index in [0.717, 1.165) is 30.6 Å². The van der Waals surface area contributed by atoms with Crippen LogP contribution < -0.4 is 10.2 Å². The van der Waals surface area contributed by atoms with E-state index in [1.165, 1.54) is 0 Å². The molecule has 1 rings (SSSR count). The summed E-state index contributed by atoms with van der Waals surface area (Å²) in [4.78, 5) is 27.7. The number of anilines is 1. The summed E-state index contributed by atoms with van der Waals surface area (Å²) in [5.74, 6) is -0.0460. The lowest BCUT2D eigenvalue weighted by Gasteiger charge is -2.23. The van der Waals surface area contributed by atoms with Crippen LogP contribution in [0.15, 0.2) is 24.3 Å². The van der Waals surface area contributed by atoms with Crippen LogP contribution in [-0.2, 0) is 16.0 Å². The molecule has 1 N–H and O–H groups in total. The Kier molecular flexibility index (Phi) is 8.33. The van der Waals surface area contributed by atoms with Crippen molar-refractivity contribution in [2.24, 2.45) is 0 Å². The number of hydrogen-bond acceptors (Lipinski definition) is 3. The Bertz CT molecular complexity index is 515. The van der Waals surface area contributed by atoms with E-state index < -0.39 is 0 Å². The molecule has 23 heavy (non-hydrogen) atoms. The second-order valence-electron chi connectivity index (χ2n) is 5.91. The fraction of sp³-hybridized carbons (Fsp3) is 0.556. The van der Waals surface area contributed by atoms with E-state index in [0.29, 0.717) is 19.5 Å². The van der Waals surface area contributed by atoms with Crippen molar-refractivity contribution >= 4 is 17.5 Å². The maximum Gasteiger partial charge on any atom is 0.223 e. The Morgan fingerprint density at radius 1 is 1.13 bits per heavy atom. The number of nitrogens with one attached hydrogen (secondary N) is 1. The fourth-order valence-corrected chi connectivity index (χ4v) is 2.45. The molecule has 0 radical (unpaired) electrons. The lowest BCUT2D eigenvalue weighted by molar-refractivity contribution is -0.121. The van der Waals surface area contributed by atoms with Crippen molar-refractivity contribution in [3.63, 3.8) is 0 Å². The molecule has 5 nitrogen and oxygen atoms in total. The first-order valence-electron chi connectivity index (χ1n) is 8.23. The van der Waals surface area contributed by atoms with Gasteiger partial charge in [-0.3, -0.25) is 9.59 Å². The van der Waals surface area contributed by atoms with Crippen LogP contribution in [0.3, 0.4) is 0 Å². The summed E-state index contributed by atoms with van der Waals surface area (Å²) in [6, 6.07) is 7.85. The van der Waals surface area contributed by atoms with Crippen LogP contribution in [0, 0.1) is 0 Å². The highest BCUT2D eigenvalue weighted by atomic mass is 16.2. The molecule has 0 saturated heterocycles. The Morgan fingerprint density at radius 3 is 2.43 bits per heavy atom. The third-order valence-electron chi connectivity index (χ3n) is 3.71. The number of hydrogen-bond donors (Lipinski definition) is 1. The molecule has 0 aliphatic heterocycles. The zero-order valence-corrected chi connectivity index (χ0v) is 14.8. The predicted molar refractivity (Wildman–Crippen MR) is 94.6 cm³/mol. The molecule has 128 valence electrons. The van der Waals surface area contributed by atoms with Crippen LogP contribution in [0.2, 0.25) is 0 Å². The second-order valence-corrected chi connectivity index (χ2v) is 5.91. The van der Waals surface area contributed by atoms with Crippen molar-refractivity contribution in [1.82, 2.24) is 10.2 Å². The Balaban J connectivity index is 2.54. The summed E-state index contributed by atoms with van der Waals surface area (Å²) in [7, 11) is 4.02. The van der Waals surface area contributed by atoms with Crippen LogP contribution in [0.4, 0.5) is 5.69 Å². The quantitative estimate of drug-likeness (QED) is 0.709. The summed E-state index contributed by atoms with van der Waals surface area (Å²) in [5, 5.41) is 2.91. The fourth-order valence-electron chi connectivity index (χ4n) is 2.45. The van der Waals surface area contributed by atoms with Gasteiger partial charge in [0.2, 0.25) is 11.8 Å². The molecule has 5 heteroatoms. The van der Waals surface area contributed by atoms with Crippen molar-refractivity contribution in [3.05, 3.63) is 29.8 Å². The molecule has 0 unspecified atom stereocenters. The molecule has 0 aliphatic rings. The van der Waals surface area contributed by atoms with Gasteiger partial charge in [0.1, 0.15) is 0 Å². The van der Waals surface area contributed by atoms with Gasteiger partial charge in [-0.2, -0.15) is 0 Å². The van der Waals surface area contributed by atoms with Crippen molar-refractivity contribution in [2.75, 3.05) is 38.6 Å². The first kappa shape index (κ1) is 19.2. The number of benzene rings is 1. The van der Waals surface area contributed by atoms with E-state index in [2.05, 4.69) is 17.1 Å². The van der Waals surface area contributed by atoms with E-state index >= 15 is 0 Å². The number of aryl methyl sites for hydroxylation is 1. The maximum atomic E-state index is 11.9. The van der Waals surface area contributed by atoms with Gasteiger partial charge in [0, 0.05) is 32.1 Å². The highest BCUT2D eigenvalue weighted by molar-refractivity contribution is 5.93. The summed E-state index contributed by atoms with van der Waals surface area (Å²) >= 11 is 0. The molecule has 0 spiro atoms. The van der Waals surface area contributed by atoms with E-state index in [1.807, 2.05) is 38.4 Å². The minimum absolute atomic E-state index is 0.0102. The lowest BCUT2D eigenvalue weighted by atomic mass is 10.1. The highest BCUT2D eigenvalue weighted by Crippen LogP contribution is 2.21. The van der Waals surface area contributed by atoms with Gasteiger partial charge >= 0.3 is 0 Å². The van der Waals surface area contributed by atoms with Crippen LogP contribution in [-0.4, -0.2) is 50.4 Å². The third kappa shape index (κ3) is 6.82. The Morgan fingerprint density at radius 2 is 1.83 bits per heavy atom. The first-order chi connectivity index (χ1) is 11.0. The summed E-state index contributed by atoms with van der Waals surface area (Å²) < 4.78 is 0. The molecular formula is C18H29N3O2. The molecule has 0 bridgehead atoms. The van der Waals surface area contributed by atoms with Gasteiger partial charge in [0.05, 0.1) is 0 Å². The molecule has 0 fully saturated rings. The standard InChI is InChI=1S/C18H29N3O2/c1-5-16-9-6-7-10-17(16)21(15(2)22)14-11-18(23)19-12-8-13-20(3)4/h6-7,9-10H,5,8,11-14H2,1-4H3,(H,19,23). The second kappa shape index (κ2) is 10.0. The number of rotatable bonds is 9. The third-order valence-corrected chi connectivity index (χ3v) is 3.71. The molecular weight excluding hydrogens is 290 g/mol. The molecule has 0 aromatic heterocycles. The molecule has 0 heterocycles. The van der Waals surface area contributed by atoms with Crippen LogP contribution in [0.25, 0.3) is 0 Å². The van der Waals surface area contributed by atoms with Gasteiger partial charge in [0.25, 0.3) is 0 Å². The van der Waals surface area contributed by atoms with E-state index in [4.69, 9.17) is 0 Å². The largest absolute Gasteiger partial charge is 0.356 e. The summed E-state index contributed by atoms with van der Waals surface area (Å²) in [5.41, 5.74) is 2.02. The number of carbonyl (C=O) groups excluding carboxylic acids is 2. The zero-order chi connectivity index (χ0) is 17.2. The topological polar surface area (TPSA) is 52.7 Å². The van der Waals surface area contributed by atoms with Gasteiger partial charge in [-0.25, -0.2) is 0 Å². The Labute approximate surface area is 139 Å². The first-order valence-corrected chi connectivity index (χ1v) is 8.23. The maximum absolute atomic E-state index is 11.9. The molecule has 0 atom stereocenters. The number of amides is 2. The monoisotopic (exact) mass is 319 g/mol. The van der Waals surface area contributed by atoms with E-state index in [9.17, 15) is 9.59 Å². The van der Waals surface area contributed by atoms with Crippen molar-refractivity contribution in [2.45, 2.75) is 33.1 Å². The molecule has 1 aromatic carbocycles. The van der Waals surface area contributed by atoms with Crippen molar-refractivity contribution in [1.29, 1.82) is 0 Å². The molecule has 1 aromatic rings. The van der Waals surface area contributed by atoms with Gasteiger partial charge < -0.3 is 15.1 Å². The summed E-state index contributed by atoms with van der Waals surface area (Å²) in [6.45, 7) is 5.63. The van der Waals surface area contributed by atoms with Crippen LogP contribution >= 0.6 is 0 Å². The number of nitrogens with zero attached hydrogens (tertiary/aromatic N) is 2. The molecule has 0 aliphatic carbocycles. The number of carbonyl (C=O) groups is 2. The predicted octanol–water partition coefficient (Wildman–Crippen LogP) is 2.06. The van der Waals surface area contributed by atoms with Gasteiger partial charge in [-0.05, 0) is 45.1 Å². The minimum atomic E-state index is -0.0358. The van der Waals surface area contributed by atoms with Gasteiger partial charge in [-0.15, -0.1) is 0 Å². The van der Waals surface area contributed by atoms with Crippen LogP contribution in [0.1, 0.15) is 32.3 Å². The SMILES string of the molecule is CCc1ccccc1N(CCC(=O)NCCCN(C)C)C(C)=O. The number of para-hydroxylation sites is 1. The van der Waals surface area contributed by atoms with Crippen LogP contribution in [0.5, 0.6) is 0 Å². The average Bonchev–Trinajstić information content (AvgIpc) is 2.51. The normalized spacial score (nSPS) is 10.7. The van der Waals surface area contributed by atoms with E-state index in [-0.39, 0.29) is 11.8 Å². The minimum Gasteiger partial charge on any atom is -0.356 e. The smallest absolute Gasteiger partial charge is 0.223 e. The molecule has 0 saturated carbocycles. The summed E-state index contributed by atoms with van der Waals surface area (Å²) in [6.07, 6.45) is 2.10. The van der Waals surface area contributed by atoms with Crippen molar-refractivity contribution < 1.29 is 9.59 Å². The Hall–Kier alpha value is -1.88. The zero-order valence-electron chi connectivity index (χ0n) is 14.8. The highest BCUT2D eigenvalue weighted by Gasteiger charge is 2.15. The van der Waals surface area contributed by atoms with Gasteiger partial charge in [-0.1, -0.05) is 25.1 Å². The van der Waals surface area contributed by atoms with Gasteiger partial charge in [0.15, 0.2) is 0 Å². The molecule has 2 amide bonds. The van der Waals surface area contributed by atoms with Crippen molar-refractivity contribution in [3.8, 4) is 0 Å². The average molecular weight is 319 g/mol. The van der Waals surface area contributed by atoms with E-state index in [1.54, 1.807) is 11.8 Å². The lowest BCUT2D eigenvalue weighted by Crippen LogP contribution is -2.35.